The van der Waals surface area contributed by atoms with E-state index in [4.69, 9.17) is 10.9 Å². The largest absolute Gasteiger partial charge is 0.409 e. The number of amides is 1. The minimum atomic E-state index is -0.786. The Morgan fingerprint density at radius 1 is 1.24 bits per heavy atom. The smallest absolute Gasteiger partial charge is 0.295 e. The van der Waals surface area contributed by atoms with E-state index in [9.17, 15) is 14.0 Å². The highest BCUT2D eigenvalue weighted by molar-refractivity contribution is 6.45. The molecule has 1 aromatic carbocycles. The Labute approximate surface area is 142 Å². The van der Waals surface area contributed by atoms with Crippen LogP contribution in [-0.4, -0.2) is 70.7 Å². The molecule has 1 aliphatic rings. The number of piperazine rings is 1. The number of oxime groups is 1. The van der Waals surface area contributed by atoms with E-state index in [2.05, 4.69) is 15.0 Å². The van der Waals surface area contributed by atoms with Crippen LogP contribution in [0.3, 0.4) is 0 Å². The highest BCUT2D eigenvalue weighted by atomic mass is 19.1. The molecular weight excluding hydrogens is 329 g/mol. The number of hydrogen-bond acceptors (Lipinski definition) is 5. The van der Waals surface area contributed by atoms with Crippen molar-refractivity contribution in [3.05, 3.63) is 35.3 Å². The van der Waals surface area contributed by atoms with Crippen LogP contribution in [0.4, 0.5) is 4.39 Å². The predicted octanol–water partition coefficient (Wildman–Crippen LogP) is 0.358. The van der Waals surface area contributed by atoms with Gasteiger partial charge in [-0.15, -0.1) is 0 Å². The van der Waals surface area contributed by atoms with Gasteiger partial charge in [0, 0.05) is 43.3 Å². The van der Waals surface area contributed by atoms with Crippen molar-refractivity contribution >= 4 is 28.4 Å². The summed E-state index contributed by atoms with van der Waals surface area (Å²) in [6.45, 7) is 2.24. The number of fused-ring (bicyclic) bond motifs is 1. The third-order valence-electron chi connectivity index (χ3n) is 4.40. The summed E-state index contributed by atoms with van der Waals surface area (Å²) in [5.74, 6) is -2.34. The van der Waals surface area contributed by atoms with Crippen LogP contribution in [0.2, 0.25) is 0 Å². The number of nitrogens with one attached hydrogen (secondary N) is 1. The fourth-order valence-corrected chi connectivity index (χ4v) is 2.92. The van der Waals surface area contributed by atoms with Gasteiger partial charge in [0.05, 0.1) is 11.1 Å². The van der Waals surface area contributed by atoms with Gasteiger partial charge in [-0.25, -0.2) is 4.39 Å². The van der Waals surface area contributed by atoms with Crippen LogP contribution in [0.25, 0.3) is 10.9 Å². The molecule has 0 saturated carbocycles. The first-order valence-electron chi connectivity index (χ1n) is 7.73. The van der Waals surface area contributed by atoms with Crippen LogP contribution >= 0.6 is 0 Å². The van der Waals surface area contributed by atoms with Crippen molar-refractivity contribution < 1.29 is 19.2 Å². The maximum absolute atomic E-state index is 14.3. The standard InChI is InChI=1S/C16H18FN5O3/c1-21-4-6-22(7-5-21)16(24)14(23)10-8-19-13-9(15(18)20-25)2-3-11(17)12(10)13/h2-3,8,19,25H,4-7H2,1H3,(H2,18,20). The number of ketones is 1. The first-order chi connectivity index (χ1) is 11.9. The lowest BCUT2D eigenvalue weighted by Gasteiger charge is -2.31. The number of Topliss-reactive ketones (excluding diaryl/α,β-unsaturated/α-hetero) is 1. The monoisotopic (exact) mass is 347 g/mol. The molecule has 2 heterocycles. The number of halogens is 1. The normalized spacial score (nSPS) is 16.4. The van der Waals surface area contributed by atoms with Gasteiger partial charge in [-0.3, -0.25) is 9.59 Å². The number of likely N-dealkylation sites (N-methyl/N-ethyl adjacent to an activating group) is 1. The molecular formula is C16H18FN5O3. The number of aromatic nitrogens is 1. The summed E-state index contributed by atoms with van der Waals surface area (Å²) in [6.07, 6.45) is 1.28. The topological polar surface area (TPSA) is 115 Å². The van der Waals surface area contributed by atoms with E-state index in [-0.39, 0.29) is 27.9 Å². The maximum Gasteiger partial charge on any atom is 0.295 e. The molecule has 25 heavy (non-hydrogen) atoms. The molecule has 0 radical (unpaired) electrons. The van der Waals surface area contributed by atoms with Crippen LogP contribution in [0.5, 0.6) is 0 Å². The van der Waals surface area contributed by atoms with Gasteiger partial charge in [0.2, 0.25) is 0 Å². The zero-order valence-electron chi connectivity index (χ0n) is 13.6. The number of hydrogen-bond donors (Lipinski definition) is 3. The fraction of sp³-hybridized carbons (Fsp3) is 0.312. The summed E-state index contributed by atoms with van der Waals surface area (Å²) >= 11 is 0. The third kappa shape index (κ3) is 2.93. The molecule has 1 saturated heterocycles. The molecule has 2 aromatic rings. The lowest BCUT2D eigenvalue weighted by molar-refractivity contribution is -0.127. The van der Waals surface area contributed by atoms with Gasteiger partial charge in [-0.05, 0) is 19.2 Å². The highest BCUT2D eigenvalue weighted by Gasteiger charge is 2.29. The molecule has 0 aliphatic carbocycles. The van der Waals surface area contributed by atoms with Crippen molar-refractivity contribution in [2.24, 2.45) is 10.9 Å². The number of nitrogens with two attached hydrogens (primary N) is 1. The van der Waals surface area contributed by atoms with Crippen molar-refractivity contribution in [2.45, 2.75) is 0 Å². The number of nitrogens with zero attached hydrogens (tertiary/aromatic N) is 3. The summed E-state index contributed by atoms with van der Waals surface area (Å²) in [7, 11) is 1.94. The van der Waals surface area contributed by atoms with E-state index in [0.717, 1.165) is 6.07 Å². The van der Waals surface area contributed by atoms with E-state index in [0.29, 0.717) is 26.2 Å². The minimum absolute atomic E-state index is 0.0448. The van der Waals surface area contributed by atoms with Gasteiger partial charge in [0.25, 0.3) is 11.7 Å². The van der Waals surface area contributed by atoms with Gasteiger partial charge in [0.15, 0.2) is 5.84 Å². The molecule has 0 unspecified atom stereocenters. The second-order valence-electron chi connectivity index (χ2n) is 5.96. The minimum Gasteiger partial charge on any atom is -0.409 e. The number of rotatable bonds is 3. The Balaban J connectivity index is 1.99. The Morgan fingerprint density at radius 3 is 2.56 bits per heavy atom. The molecule has 9 heteroatoms. The van der Waals surface area contributed by atoms with Gasteiger partial charge >= 0.3 is 0 Å². The zero-order chi connectivity index (χ0) is 18.1. The number of aromatic amines is 1. The number of H-pyrrole nitrogens is 1. The zero-order valence-corrected chi connectivity index (χ0v) is 13.6. The summed E-state index contributed by atoms with van der Waals surface area (Å²) in [5, 5.41) is 11.7. The van der Waals surface area contributed by atoms with Crippen LogP contribution < -0.4 is 5.73 Å². The molecule has 1 aliphatic heterocycles. The van der Waals surface area contributed by atoms with Crippen LogP contribution in [0.15, 0.2) is 23.5 Å². The van der Waals surface area contributed by atoms with E-state index in [1.165, 1.54) is 17.2 Å². The first-order valence-corrected chi connectivity index (χ1v) is 7.73. The number of carbonyl (C=O) groups is 2. The third-order valence-corrected chi connectivity index (χ3v) is 4.40. The molecule has 0 atom stereocenters. The molecule has 0 spiro atoms. The van der Waals surface area contributed by atoms with Gasteiger partial charge in [0.1, 0.15) is 5.82 Å². The summed E-state index contributed by atoms with van der Waals surface area (Å²) < 4.78 is 14.3. The Hall–Kier alpha value is -2.94. The van der Waals surface area contributed by atoms with Crippen molar-refractivity contribution in [1.82, 2.24) is 14.8 Å². The van der Waals surface area contributed by atoms with Crippen LogP contribution in [0, 0.1) is 5.82 Å². The van der Waals surface area contributed by atoms with Crippen LogP contribution in [-0.2, 0) is 4.79 Å². The summed E-state index contributed by atoms with van der Waals surface area (Å²) in [5.41, 5.74) is 5.95. The fourth-order valence-electron chi connectivity index (χ4n) is 2.92. The lowest BCUT2D eigenvalue weighted by Crippen LogP contribution is -2.49. The second kappa shape index (κ2) is 6.52. The Bertz CT molecular complexity index is 868. The average molecular weight is 347 g/mol. The van der Waals surface area contributed by atoms with E-state index in [1.54, 1.807) is 0 Å². The van der Waals surface area contributed by atoms with E-state index in [1.807, 2.05) is 7.05 Å². The molecule has 8 nitrogen and oxygen atoms in total. The first kappa shape index (κ1) is 16.9. The number of amidine groups is 1. The molecule has 0 bridgehead atoms. The lowest BCUT2D eigenvalue weighted by atomic mass is 10.0. The summed E-state index contributed by atoms with van der Waals surface area (Å²) in [4.78, 5) is 31.3. The van der Waals surface area contributed by atoms with Crippen LogP contribution in [0.1, 0.15) is 15.9 Å². The predicted molar refractivity (Wildman–Crippen MR) is 89.2 cm³/mol. The van der Waals surface area contributed by atoms with Crippen molar-refractivity contribution in [2.75, 3.05) is 33.2 Å². The molecule has 3 rings (SSSR count). The second-order valence-corrected chi connectivity index (χ2v) is 5.96. The maximum atomic E-state index is 14.3. The van der Waals surface area contributed by atoms with E-state index < -0.39 is 17.5 Å². The average Bonchev–Trinajstić information content (AvgIpc) is 3.06. The Morgan fingerprint density at radius 2 is 1.92 bits per heavy atom. The Kier molecular flexibility index (Phi) is 4.41. The molecule has 1 amide bonds. The van der Waals surface area contributed by atoms with Gasteiger partial charge < -0.3 is 25.7 Å². The quantitative estimate of drug-likeness (QED) is 0.185. The van der Waals surface area contributed by atoms with Crippen molar-refractivity contribution in [3.8, 4) is 0 Å². The van der Waals surface area contributed by atoms with Crippen molar-refractivity contribution in [1.29, 1.82) is 0 Å². The van der Waals surface area contributed by atoms with Gasteiger partial charge in [-0.1, -0.05) is 5.16 Å². The molecule has 1 aromatic heterocycles. The van der Waals surface area contributed by atoms with E-state index >= 15 is 0 Å². The number of benzene rings is 1. The SMILES string of the molecule is CN1CCN(C(=O)C(=O)c2c[nH]c3c(/C(N)=N/O)ccc(F)c23)CC1. The van der Waals surface area contributed by atoms with Gasteiger partial charge in [-0.2, -0.15) is 0 Å². The molecule has 132 valence electrons. The highest BCUT2D eigenvalue weighted by Crippen LogP contribution is 2.26. The summed E-state index contributed by atoms with van der Waals surface area (Å²) in [6, 6.07) is 2.44. The molecule has 4 N–H and O–H groups in total. The number of carbonyl (C=O) groups excluding carboxylic acids is 2. The molecule has 1 fully saturated rings. The van der Waals surface area contributed by atoms with Crippen molar-refractivity contribution in [3.63, 3.8) is 0 Å².